The molecule has 3 rings (SSSR count). The fourth-order valence-corrected chi connectivity index (χ4v) is 2.62. The lowest BCUT2D eigenvalue weighted by Crippen LogP contribution is -1.99. The number of ether oxygens (including phenoxy) is 1. The van der Waals surface area contributed by atoms with Gasteiger partial charge in [0.05, 0.1) is 16.2 Å². The van der Waals surface area contributed by atoms with Crippen LogP contribution in [0.4, 0.5) is 0 Å². The van der Waals surface area contributed by atoms with Crippen molar-refractivity contribution in [3.8, 4) is 5.75 Å². The van der Waals surface area contributed by atoms with Gasteiger partial charge in [0.2, 0.25) is 0 Å². The number of hydrogen-bond acceptors (Lipinski definition) is 4. The van der Waals surface area contributed by atoms with E-state index in [0.717, 1.165) is 17.4 Å². The van der Waals surface area contributed by atoms with Crippen LogP contribution >= 0.6 is 23.2 Å². The summed E-state index contributed by atoms with van der Waals surface area (Å²) >= 11 is 12.4. The standard InChI is InChI=1S/C17H12Cl2N2O2/c18-14-8-12-7-11(4-6-22)17(19)21-15(12)9-16(14)23-10-13-3-1-2-5-20-13/h1-3,5-9H,4,10H2. The highest BCUT2D eigenvalue weighted by atomic mass is 35.5. The van der Waals surface area contributed by atoms with E-state index in [9.17, 15) is 4.79 Å². The maximum absolute atomic E-state index is 10.7. The SMILES string of the molecule is O=CCc1cc2cc(Cl)c(OCc3ccccn3)cc2nc1Cl. The predicted molar refractivity (Wildman–Crippen MR) is 90.1 cm³/mol. The highest BCUT2D eigenvalue weighted by Crippen LogP contribution is 2.31. The molecule has 0 spiro atoms. The average Bonchev–Trinajstić information content (AvgIpc) is 2.55. The minimum absolute atomic E-state index is 0.220. The Bertz CT molecular complexity index is 854. The fraction of sp³-hybridized carbons (Fsp3) is 0.118. The van der Waals surface area contributed by atoms with Gasteiger partial charge in [0.25, 0.3) is 0 Å². The second-order valence-corrected chi connectivity index (χ2v) is 5.66. The summed E-state index contributed by atoms with van der Waals surface area (Å²) in [5, 5.41) is 1.58. The minimum atomic E-state index is 0.220. The van der Waals surface area contributed by atoms with Crippen LogP contribution in [0.1, 0.15) is 11.3 Å². The number of pyridine rings is 2. The number of aromatic nitrogens is 2. The van der Waals surface area contributed by atoms with Gasteiger partial charge >= 0.3 is 0 Å². The molecule has 0 saturated carbocycles. The quantitative estimate of drug-likeness (QED) is 0.511. The van der Waals surface area contributed by atoms with Crippen molar-refractivity contribution in [2.24, 2.45) is 0 Å². The van der Waals surface area contributed by atoms with Crippen molar-refractivity contribution >= 4 is 40.4 Å². The first-order valence-corrected chi connectivity index (χ1v) is 7.68. The number of carbonyl (C=O) groups is 1. The van der Waals surface area contributed by atoms with Gasteiger partial charge in [0.15, 0.2) is 0 Å². The first-order valence-electron chi connectivity index (χ1n) is 6.92. The Balaban J connectivity index is 1.91. The largest absolute Gasteiger partial charge is 0.486 e. The molecule has 4 nitrogen and oxygen atoms in total. The van der Waals surface area contributed by atoms with E-state index in [2.05, 4.69) is 9.97 Å². The zero-order valence-corrected chi connectivity index (χ0v) is 13.5. The van der Waals surface area contributed by atoms with Gasteiger partial charge in [-0.05, 0) is 29.8 Å². The number of fused-ring (bicyclic) bond motifs is 1. The van der Waals surface area contributed by atoms with Crippen LogP contribution in [0, 0.1) is 0 Å². The molecule has 1 aromatic carbocycles. The van der Waals surface area contributed by atoms with E-state index < -0.39 is 0 Å². The molecular weight excluding hydrogens is 335 g/mol. The van der Waals surface area contributed by atoms with Gasteiger partial charge in [0, 0.05) is 24.1 Å². The number of halogens is 2. The molecule has 0 atom stereocenters. The van der Waals surface area contributed by atoms with Crippen LogP contribution in [-0.4, -0.2) is 16.3 Å². The Morgan fingerprint density at radius 1 is 1.17 bits per heavy atom. The molecule has 2 aromatic heterocycles. The summed E-state index contributed by atoms with van der Waals surface area (Å²) < 4.78 is 5.71. The van der Waals surface area contributed by atoms with Gasteiger partial charge in [-0.1, -0.05) is 29.3 Å². The van der Waals surface area contributed by atoms with Crippen molar-refractivity contribution in [1.82, 2.24) is 9.97 Å². The van der Waals surface area contributed by atoms with Crippen LogP contribution in [0.15, 0.2) is 42.6 Å². The van der Waals surface area contributed by atoms with Crippen LogP contribution in [0.25, 0.3) is 10.9 Å². The van der Waals surface area contributed by atoms with Crippen molar-refractivity contribution in [1.29, 1.82) is 0 Å². The number of rotatable bonds is 5. The Morgan fingerprint density at radius 3 is 2.78 bits per heavy atom. The molecule has 0 amide bonds. The predicted octanol–water partition coefficient (Wildman–Crippen LogP) is 4.26. The van der Waals surface area contributed by atoms with Crippen LogP contribution in [0.5, 0.6) is 5.75 Å². The van der Waals surface area contributed by atoms with Crippen LogP contribution in [0.2, 0.25) is 10.2 Å². The average molecular weight is 347 g/mol. The third-order valence-electron chi connectivity index (χ3n) is 3.30. The Labute approximate surface area is 143 Å². The molecule has 0 unspecified atom stereocenters. The molecule has 0 saturated heterocycles. The lowest BCUT2D eigenvalue weighted by molar-refractivity contribution is -0.107. The monoisotopic (exact) mass is 346 g/mol. The van der Waals surface area contributed by atoms with E-state index in [0.29, 0.717) is 33.6 Å². The van der Waals surface area contributed by atoms with E-state index in [1.54, 1.807) is 18.3 Å². The van der Waals surface area contributed by atoms with Crippen molar-refractivity contribution in [2.75, 3.05) is 0 Å². The second kappa shape index (κ2) is 6.94. The fourth-order valence-electron chi connectivity index (χ4n) is 2.17. The van der Waals surface area contributed by atoms with Crippen molar-refractivity contribution in [3.63, 3.8) is 0 Å². The Morgan fingerprint density at radius 2 is 2.04 bits per heavy atom. The van der Waals surface area contributed by atoms with Gasteiger partial charge < -0.3 is 9.53 Å². The highest BCUT2D eigenvalue weighted by molar-refractivity contribution is 6.33. The topological polar surface area (TPSA) is 52.1 Å². The first kappa shape index (κ1) is 15.7. The summed E-state index contributed by atoms with van der Waals surface area (Å²) in [6.45, 7) is 0.309. The minimum Gasteiger partial charge on any atom is -0.486 e. The highest BCUT2D eigenvalue weighted by Gasteiger charge is 2.10. The molecule has 0 bridgehead atoms. The molecule has 23 heavy (non-hydrogen) atoms. The van der Waals surface area contributed by atoms with Gasteiger partial charge in [-0.3, -0.25) is 4.98 Å². The summed E-state index contributed by atoms with van der Waals surface area (Å²) in [4.78, 5) is 19.2. The molecule has 0 fully saturated rings. The third-order valence-corrected chi connectivity index (χ3v) is 3.92. The molecule has 0 radical (unpaired) electrons. The lowest BCUT2D eigenvalue weighted by atomic mass is 10.1. The molecule has 6 heteroatoms. The maximum atomic E-state index is 10.7. The van der Waals surface area contributed by atoms with Gasteiger partial charge in [-0.15, -0.1) is 0 Å². The zero-order chi connectivity index (χ0) is 16.2. The summed E-state index contributed by atoms with van der Waals surface area (Å²) in [5.74, 6) is 0.511. The summed E-state index contributed by atoms with van der Waals surface area (Å²) in [5.41, 5.74) is 2.13. The first-order chi connectivity index (χ1) is 11.2. The molecular formula is C17H12Cl2N2O2. The molecule has 0 aliphatic carbocycles. The van der Waals surface area contributed by atoms with Crippen molar-refractivity contribution < 1.29 is 9.53 Å². The molecule has 0 aliphatic rings. The number of aldehydes is 1. The lowest BCUT2D eigenvalue weighted by Gasteiger charge is -2.10. The summed E-state index contributed by atoms with van der Waals surface area (Å²) in [6.07, 6.45) is 2.72. The molecule has 116 valence electrons. The van der Waals surface area contributed by atoms with Crippen LogP contribution < -0.4 is 4.74 Å². The molecule has 0 N–H and O–H groups in total. The smallest absolute Gasteiger partial charge is 0.140 e. The van der Waals surface area contributed by atoms with Crippen LogP contribution in [-0.2, 0) is 17.8 Å². The number of nitrogens with zero attached hydrogens (tertiary/aromatic N) is 2. The Kier molecular flexibility index (Phi) is 4.74. The van der Waals surface area contributed by atoms with E-state index in [4.69, 9.17) is 27.9 Å². The number of hydrogen-bond donors (Lipinski definition) is 0. The van der Waals surface area contributed by atoms with Gasteiger partial charge in [-0.2, -0.15) is 0 Å². The third kappa shape index (κ3) is 3.60. The molecule has 0 aliphatic heterocycles. The zero-order valence-electron chi connectivity index (χ0n) is 12.0. The number of carbonyl (C=O) groups excluding carboxylic acids is 1. The van der Waals surface area contributed by atoms with Gasteiger partial charge in [0.1, 0.15) is 23.8 Å². The number of benzene rings is 1. The summed E-state index contributed by atoms with van der Waals surface area (Å²) in [6, 6.07) is 10.9. The Hall–Kier alpha value is -2.17. The van der Waals surface area contributed by atoms with E-state index >= 15 is 0 Å². The van der Waals surface area contributed by atoms with Crippen LogP contribution in [0.3, 0.4) is 0 Å². The molecule has 3 aromatic rings. The second-order valence-electron chi connectivity index (χ2n) is 4.89. The maximum Gasteiger partial charge on any atom is 0.140 e. The van der Waals surface area contributed by atoms with Crippen molar-refractivity contribution in [2.45, 2.75) is 13.0 Å². The van der Waals surface area contributed by atoms with E-state index in [-0.39, 0.29) is 6.42 Å². The van der Waals surface area contributed by atoms with E-state index in [1.807, 2.05) is 24.3 Å². The summed E-state index contributed by atoms with van der Waals surface area (Å²) in [7, 11) is 0. The van der Waals surface area contributed by atoms with Gasteiger partial charge in [-0.25, -0.2) is 4.98 Å². The normalized spacial score (nSPS) is 10.7. The van der Waals surface area contributed by atoms with Crippen molar-refractivity contribution in [3.05, 3.63) is 64.0 Å². The van der Waals surface area contributed by atoms with E-state index in [1.165, 1.54) is 0 Å². The molecule has 2 heterocycles.